The lowest BCUT2D eigenvalue weighted by molar-refractivity contribution is -0.118. The Morgan fingerprint density at radius 3 is 2.53 bits per heavy atom. The second-order valence-electron chi connectivity index (χ2n) is 4.69. The summed E-state index contributed by atoms with van der Waals surface area (Å²) in [6.07, 6.45) is 3.10. The Labute approximate surface area is 92.8 Å². The number of rotatable bonds is 5. The normalized spacial score (nSPS) is 21.5. The van der Waals surface area contributed by atoms with Crippen LogP contribution in [0.1, 0.15) is 33.1 Å². The molecule has 1 unspecified atom stereocenters. The molecule has 0 aromatic rings. The van der Waals surface area contributed by atoms with Crippen LogP contribution in [-0.2, 0) is 9.53 Å². The number of likely N-dealkylation sites (tertiary alicyclic amines) is 1. The average molecular weight is 213 g/mol. The number of Topliss-reactive ketones (excluding diaryl/α,β-unsaturated/α-hetero) is 1. The predicted molar refractivity (Wildman–Crippen MR) is 60.9 cm³/mol. The van der Waals surface area contributed by atoms with Gasteiger partial charge in [0.15, 0.2) is 0 Å². The van der Waals surface area contributed by atoms with Crippen molar-refractivity contribution in [2.24, 2.45) is 5.92 Å². The van der Waals surface area contributed by atoms with Crippen molar-refractivity contribution in [3.05, 3.63) is 0 Å². The molecule has 0 radical (unpaired) electrons. The highest BCUT2D eigenvalue weighted by Crippen LogP contribution is 2.20. The van der Waals surface area contributed by atoms with Crippen LogP contribution in [-0.4, -0.2) is 43.5 Å². The molecule has 1 saturated heterocycles. The summed E-state index contributed by atoms with van der Waals surface area (Å²) in [4.78, 5) is 13.4. The first kappa shape index (κ1) is 12.7. The van der Waals surface area contributed by atoms with Crippen LogP contribution in [0.3, 0.4) is 0 Å². The van der Waals surface area contributed by atoms with Gasteiger partial charge in [-0.05, 0) is 45.7 Å². The molecular weight excluding hydrogens is 190 g/mol. The zero-order valence-corrected chi connectivity index (χ0v) is 10.2. The third-order valence-corrected chi connectivity index (χ3v) is 3.26. The van der Waals surface area contributed by atoms with Crippen molar-refractivity contribution in [3.8, 4) is 0 Å². The van der Waals surface area contributed by atoms with E-state index >= 15 is 0 Å². The fourth-order valence-electron chi connectivity index (χ4n) is 2.34. The van der Waals surface area contributed by atoms with Crippen molar-refractivity contribution in [1.82, 2.24) is 4.90 Å². The highest BCUT2D eigenvalue weighted by molar-refractivity contribution is 5.76. The molecule has 0 N–H and O–H groups in total. The minimum absolute atomic E-state index is 0.293. The average Bonchev–Trinajstić information content (AvgIpc) is 2.18. The summed E-state index contributed by atoms with van der Waals surface area (Å²) >= 11 is 0. The maximum absolute atomic E-state index is 11.0. The monoisotopic (exact) mass is 213 g/mol. The van der Waals surface area contributed by atoms with Gasteiger partial charge in [-0.15, -0.1) is 0 Å². The van der Waals surface area contributed by atoms with Crippen molar-refractivity contribution in [1.29, 1.82) is 0 Å². The zero-order chi connectivity index (χ0) is 11.3. The van der Waals surface area contributed by atoms with Crippen LogP contribution in [0.5, 0.6) is 0 Å². The Morgan fingerprint density at radius 2 is 2.07 bits per heavy atom. The van der Waals surface area contributed by atoms with Gasteiger partial charge in [-0.2, -0.15) is 0 Å². The smallest absolute Gasteiger partial charge is 0.131 e. The van der Waals surface area contributed by atoms with Gasteiger partial charge >= 0.3 is 0 Å². The maximum atomic E-state index is 11.0. The van der Waals surface area contributed by atoms with Crippen LogP contribution in [0.4, 0.5) is 0 Å². The van der Waals surface area contributed by atoms with E-state index in [9.17, 15) is 4.79 Å². The molecule has 0 aliphatic carbocycles. The minimum Gasteiger partial charge on any atom is -0.384 e. The van der Waals surface area contributed by atoms with E-state index in [0.717, 1.165) is 25.6 Å². The van der Waals surface area contributed by atoms with Gasteiger partial charge in [-0.25, -0.2) is 0 Å². The molecule has 15 heavy (non-hydrogen) atoms. The van der Waals surface area contributed by atoms with Gasteiger partial charge in [-0.1, -0.05) is 0 Å². The van der Waals surface area contributed by atoms with E-state index in [1.165, 1.54) is 12.8 Å². The molecule has 3 heteroatoms. The molecule has 0 spiro atoms. The fraction of sp³-hybridized carbons (Fsp3) is 0.917. The summed E-state index contributed by atoms with van der Waals surface area (Å²) in [6, 6.07) is 0.408. The molecule has 1 fully saturated rings. The number of methoxy groups -OCH3 is 1. The molecule has 0 aromatic carbocycles. The number of hydrogen-bond acceptors (Lipinski definition) is 3. The second-order valence-corrected chi connectivity index (χ2v) is 4.69. The van der Waals surface area contributed by atoms with E-state index in [1.54, 1.807) is 14.0 Å². The van der Waals surface area contributed by atoms with Crippen LogP contribution in [0, 0.1) is 5.92 Å². The Balaban J connectivity index is 2.27. The van der Waals surface area contributed by atoms with Crippen LogP contribution in [0.25, 0.3) is 0 Å². The van der Waals surface area contributed by atoms with Gasteiger partial charge in [0.1, 0.15) is 5.78 Å². The van der Waals surface area contributed by atoms with Crippen molar-refractivity contribution < 1.29 is 9.53 Å². The van der Waals surface area contributed by atoms with Crippen molar-refractivity contribution >= 4 is 5.78 Å². The Bertz CT molecular complexity index is 198. The maximum Gasteiger partial charge on any atom is 0.131 e. The summed E-state index contributed by atoms with van der Waals surface area (Å²) < 4.78 is 5.17. The molecule has 88 valence electrons. The standard InChI is InChI=1S/C12H23NO2/c1-10(8-11(2)14)13-6-4-12(5-7-13)9-15-3/h10,12H,4-9H2,1-3H3. The predicted octanol–water partition coefficient (Wildman–Crippen LogP) is 1.71. The van der Waals surface area contributed by atoms with Crippen LogP contribution < -0.4 is 0 Å². The largest absolute Gasteiger partial charge is 0.384 e. The fourth-order valence-corrected chi connectivity index (χ4v) is 2.34. The number of nitrogens with zero attached hydrogens (tertiary/aromatic N) is 1. The van der Waals surface area contributed by atoms with Gasteiger partial charge in [0.05, 0.1) is 0 Å². The molecule has 1 rings (SSSR count). The number of ketones is 1. The van der Waals surface area contributed by atoms with Gasteiger partial charge in [0, 0.05) is 26.2 Å². The molecular formula is C12H23NO2. The van der Waals surface area contributed by atoms with E-state index in [2.05, 4.69) is 11.8 Å². The van der Waals surface area contributed by atoms with Gasteiger partial charge in [-0.3, -0.25) is 4.79 Å². The third-order valence-electron chi connectivity index (χ3n) is 3.26. The third kappa shape index (κ3) is 4.31. The highest BCUT2D eigenvalue weighted by Gasteiger charge is 2.22. The minimum atomic E-state index is 0.293. The van der Waals surface area contributed by atoms with E-state index < -0.39 is 0 Å². The van der Waals surface area contributed by atoms with Crippen molar-refractivity contribution in [2.45, 2.75) is 39.2 Å². The van der Waals surface area contributed by atoms with E-state index in [4.69, 9.17) is 4.74 Å². The lowest BCUT2D eigenvalue weighted by Crippen LogP contribution is -2.41. The number of carbonyl (C=O) groups excluding carboxylic acids is 1. The van der Waals surface area contributed by atoms with Crippen LogP contribution in [0.15, 0.2) is 0 Å². The van der Waals surface area contributed by atoms with Crippen molar-refractivity contribution in [2.75, 3.05) is 26.8 Å². The number of ether oxygens (including phenoxy) is 1. The number of carbonyl (C=O) groups is 1. The molecule has 1 aliphatic heterocycles. The van der Waals surface area contributed by atoms with Gasteiger partial charge in [0.25, 0.3) is 0 Å². The zero-order valence-electron chi connectivity index (χ0n) is 10.2. The molecule has 3 nitrogen and oxygen atoms in total. The lowest BCUT2D eigenvalue weighted by atomic mass is 9.96. The Hall–Kier alpha value is -0.410. The summed E-state index contributed by atoms with van der Waals surface area (Å²) in [5.41, 5.74) is 0. The van der Waals surface area contributed by atoms with Gasteiger partial charge in [0.2, 0.25) is 0 Å². The molecule has 0 amide bonds. The summed E-state index contributed by atoms with van der Waals surface area (Å²) in [5.74, 6) is 1.01. The Morgan fingerprint density at radius 1 is 1.47 bits per heavy atom. The van der Waals surface area contributed by atoms with E-state index in [1.807, 2.05) is 0 Å². The van der Waals surface area contributed by atoms with E-state index in [0.29, 0.717) is 18.2 Å². The summed E-state index contributed by atoms with van der Waals surface area (Å²) in [7, 11) is 1.77. The summed E-state index contributed by atoms with van der Waals surface area (Å²) in [6.45, 7) is 6.94. The highest BCUT2D eigenvalue weighted by atomic mass is 16.5. The van der Waals surface area contributed by atoms with E-state index in [-0.39, 0.29) is 0 Å². The molecule has 1 atom stereocenters. The first-order chi connectivity index (χ1) is 7.13. The first-order valence-corrected chi connectivity index (χ1v) is 5.86. The van der Waals surface area contributed by atoms with Crippen molar-refractivity contribution in [3.63, 3.8) is 0 Å². The molecule has 0 bridgehead atoms. The molecule has 0 aromatic heterocycles. The molecule has 1 heterocycles. The number of piperidine rings is 1. The summed E-state index contributed by atoms with van der Waals surface area (Å²) in [5, 5.41) is 0. The Kier molecular flexibility index (Phi) is 5.26. The topological polar surface area (TPSA) is 29.5 Å². The van der Waals surface area contributed by atoms with Gasteiger partial charge < -0.3 is 9.64 Å². The quantitative estimate of drug-likeness (QED) is 0.696. The SMILES string of the molecule is COCC1CCN(C(C)CC(C)=O)CC1. The number of hydrogen-bond donors (Lipinski definition) is 0. The second kappa shape index (κ2) is 6.23. The van der Waals surface area contributed by atoms with Crippen LogP contribution >= 0.6 is 0 Å². The first-order valence-electron chi connectivity index (χ1n) is 5.86. The lowest BCUT2D eigenvalue weighted by Gasteiger charge is -2.35. The molecule has 1 aliphatic rings. The molecule has 0 saturated carbocycles. The van der Waals surface area contributed by atoms with Crippen LogP contribution in [0.2, 0.25) is 0 Å².